The van der Waals surface area contributed by atoms with Crippen molar-refractivity contribution in [2.24, 2.45) is 0 Å². The maximum absolute atomic E-state index is 9.75. The molecule has 3 heteroatoms. The lowest BCUT2D eigenvalue weighted by Crippen LogP contribution is -2.18. The smallest absolute Gasteiger partial charge is 0.120 e. The van der Waals surface area contributed by atoms with E-state index in [9.17, 15) is 10.2 Å². The molecular weight excluding hydrogens is 226 g/mol. The molecule has 1 atom stereocenters. The molecule has 0 fully saturated rings. The van der Waals surface area contributed by atoms with Crippen LogP contribution >= 0.6 is 0 Å². The molecule has 0 saturated carbocycles. The van der Waals surface area contributed by atoms with Crippen LogP contribution in [0.5, 0.6) is 11.5 Å². The summed E-state index contributed by atoms with van der Waals surface area (Å²) in [6.07, 6.45) is 0. The summed E-state index contributed by atoms with van der Waals surface area (Å²) in [5.74, 6) is 0.358. The fourth-order valence-electron chi connectivity index (χ4n) is 1.87. The maximum Gasteiger partial charge on any atom is 0.120 e. The summed E-state index contributed by atoms with van der Waals surface area (Å²) in [6, 6.07) is 14.6. The molecule has 0 radical (unpaired) electrons. The lowest BCUT2D eigenvalue weighted by molar-refractivity contribution is 0.440. The molecule has 0 heterocycles. The molecule has 0 aromatic heterocycles. The van der Waals surface area contributed by atoms with Crippen LogP contribution < -0.4 is 5.32 Å². The molecule has 2 rings (SSSR count). The van der Waals surface area contributed by atoms with Gasteiger partial charge in [-0.05, 0) is 30.7 Å². The molecule has 0 bridgehead atoms. The molecule has 3 N–H and O–H groups in total. The minimum absolute atomic E-state index is 0.0303. The average molecular weight is 243 g/mol. The van der Waals surface area contributed by atoms with E-state index in [0.717, 1.165) is 6.54 Å². The van der Waals surface area contributed by atoms with E-state index in [1.54, 1.807) is 6.07 Å². The highest BCUT2D eigenvalue weighted by Gasteiger charge is 2.10. The molecule has 0 aliphatic carbocycles. The quantitative estimate of drug-likeness (QED) is 0.724. The van der Waals surface area contributed by atoms with E-state index in [1.807, 2.05) is 37.3 Å². The monoisotopic (exact) mass is 243 g/mol. The number of hydrogen-bond donors (Lipinski definition) is 3. The van der Waals surface area contributed by atoms with Crippen LogP contribution in [0.15, 0.2) is 48.5 Å². The molecule has 2 aromatic rings. The van der Waals surface area contributed by atoms with Gasteiger partial charge in [0.25, 0.3) is 0 Å². The Morgan fingerprint density at radius 1 is 1.06 bits per heavy atom. The fourth-order valence-corrected chi connectivity index (χ4v) is 1.87. The minimum Gasteiger partial charge on any atom is -0.508 e. The molecule has 2 aromatic carbocycles. The highest BCUT2D eigenvalue weighted by Crippen LogP contribution is 2.27. The third-order valence-electron chi connectivity index (χ3n) is 2.93. The van der Waals surface area contributed by atoms with Gasteiger partial charge < -0.3 is 15.5 Å². The average Bonchev–Trinajstić information content (AvgIpc) is 2.40. The van der Waals surface area contributed by atoms with Gasteiger partial charge in [0.1, 0.15) is 11.5 Å². The second-order valence-electron chi connectivity index (χ2n) is 4.33. The van der Waals surface area contributed by atoms with Crippen LogP contribution in [0.1, 0.15) is 24.1 Å². The molecule has 18 heavy (non-hydrogen) atoms. The van der Waals surface area contributed by atoms with Crippen molar-refractivity contribution < 1.29 is 10.2 Å². The summed E-state index contributed by atoms with van der Waals surface area (Å²) in [6.45, 7) is 2.68. The first-order valence-corrected chi connectivity index (χ1v) is 5.96. The molecule has 0 amide bonds. The zero-order valence-corrected chi connectivity index (χ0v) is 10.3. The van der Waals surface area contributed by atoms with E-state index in [4.69, 9.17) is 0 Å². The fraction of sp³-hybridized carbons (Fsp3) is 0.200. The van der Waals surface area contributed by atoms with Gasteiger partial charge in [-0.1, -0.05) is 30.3 Å². The van der Waals surface area contributed by atoms with Crippen molar-refractivity contribution in [3.8, 4) is 11.5 Å². The van der Waals surface area contributed by atoms with Crippen LogP contribution in [0.2, 0.25) is 0 Å². The Morgan fingerprint density at radius 3 is 2.50 bits per heavy atom. The predicted octanol–water partition coefficient (Wildman–Crippen LogP) is 2.95. The number of benzene rings is 2. The van der Waals surface area contributed by atoms with Crippen LogP contribution in [0, 0.1) is 0 Å². The molecule has 1 unspecified atom stereocenters. The van der Waals surface area contributed by atoms with Gasteiger partial charge in [0, 0.05) is 18.2 Å². The zero-order chi connectivity index (χ0) is 13.0. The second kappa shape index (κ2) is 5.56. The summed E-state index contributed by atoms with van der Waals surface area (Å²) < 4.78 is 0. The van der Waals surface area contributed by atoms with Crippen LogP contribution in [0.25, 0.3) is 0 Å². The SMILES string of the molecule is CC(NCc1ccccc1)c1cc(O)ccc1O. The van der Waals surface area contributed by atoms with Crippen molar-refractivity contribution in [3.63, 3.8) is 0 Å². The summed E-state index contributed by atoms with van der Waals surface area (Å²) in [5.41, 5.74) is 1.88. The zero-order valence-electron chi connectivity index (χ0n) is 10.3. The van der Waals surface area contributed by atoms with Crippen LogP contribution in [-0.2, 0) is 6.54 Å². The van der Waals surface area contributed by atoms with E-state index in [2.05, 4.69) is 5.32 Å². The van der Waals surface area contributed by atoms with Gasteiger partial charge in [-0.2, -0.15) is 0 Å². The van der Waals surface area contributed by atoms with Crippen molar-refractivity contribution >= 4 is 0 Å². The van der Waals surface area contributed by atoms with E-state index in [-0.39, 0.29) is 17.5 Å². The van der Waals surface area contributed by atoms with Crippen molar-refractivity contribution in [2.75, 3.05) is 0 Å². The highest BCUT2D eigenvalue weighted by atomic mass is 16.3. The predicted molar refractivity (Wildman–Crippen MR) is 71.5 cm³/mol. The first-order chi connectivity index (χ1) is 8.66. The third kappa shape index (κ3) is 3.02. The van der Waals surface area contributed by atoms with Crippen molar-refractivity contribution in [3.05, 3.63) is 59.7 Å². The van der Waals surface area contributed by atoms with Gasteiger partial charge in [-0.15, -0.1) is 0 Å². The van der Waals surface area contributed by atoms with E-state index in [0.29, 0.717) is 5.56 Å². The molecule has 0 aliphatic rings. The maximum atomic E-state index is 9.75. The van der Waals surface area contributed by atoms with Crippen molar-refractivity contribution in [1.29, 1.82) is 0 Å². The number of phenols is 2. The standard InChI is InChI=1S/C15H17NO2/c1-11(14-9-13(17)7-8-15(14)18)16-10-12-5-3-2-4-6-12/h2-9,11,16-18H,10H2,1H3. The van der Waals surface area contributed by atoms with E-state index >= 15 is 0 Å². The van der Waals surface area contributed by atoms with E-state index in [1.165, 1.54) is 17.7 Å². The van der Waals surface area contributed by atoms with Crippen molar-refractivity contribution in [2.45, 2.75) is 19.5 Å². The summed E-state index contributed by atoms with van der Waals surface area (Å²) in [5, 5.41) is 22.5. The molecule has 0 saturated heterocycles. The van der Waals surface area contributed by atoms with Crippen LogP contribution in [0.3, 0.4) is 0 Å². The first kappa shape index (κ1) is 12.5. The summed E-state index contributed by atoms with van der Waals surface area (Å²) in [7, 11) is 0. The number of aromatic hydroxyl groups is 2. The topological polar surface area (TPSA) is 52.5 Å². The minimum atomic E-state index is -0.0303. The van der Waals surface area contributed by atoms with Crippen molar-refractivity contribution in [1.82, 2.24) is 5.32 Å². The van der Waals surface area contributed by atoms with Crippen LogP contribution in [0.4, 0.5) is 0 Å². The normalized spacial score (nSPS) is 12.3. The number of nitrogens with one attached hydrogen (secondary N) is 1. The summed E-state index contributed by atoms with van der Waals surface area (Å²) in [4.78, 5) is 0. The Bertz CT molecular complexity index is 511. The Kier molecular flexibility index (Phi) is 3.85. The third-order valence-corrected chi connectivity index (χ3v) is 2.93. The Labute approximate surface area is 107 Å². The summed E-state index contributed by atoms with van der Waals surface area (Å²) >= 11 is 0. The van der Waals surface area contributed by atoms with Gasteiger partial charge in [-0.25, -0.2) is 0 Å². The van der Waals surface area contributed by atoms with Gasteiger partial charge in [0.2, 0.25) is 0 Å². The van der Waals surface area contributed by atoms with Crippen LogP contribution in [-0.4, -0.2) is 10.2 Å². The highest BCUT2D eigenvalue weighted by molar-refractivity contribution is 5.40. The molecule has 3 nitrogen and oxygen atoms in total. The lowest BCUT2D eigenvalue weighted by Gasteiger charge is -2.16. The van der Waals surface area contributed by atoms with Gasteiger partial charge >= 0.3 is 0 Å². The molecule has 0 spiro atoms. The Balaban J connectivity index is 2.03. The number of hydrogen-bond acceptors (Lipinski definition) is 3. The van der Waals surface area contributed by atoms with Gasteiger partial charge in [-0.3, -0.25) is 0 Å². The Morgan fingerprint density at radius 2 is 1.78 bits per heavy atom. The largest absolute Gasteiger partial charge is 0.508 e. The Hall–Kier alpha value is -2.00. The van der Waals surface area contributed by atoms with Gasteiger partial charge in [0.15, 0.2) is 0 Å². The first-order valence-electron chi connectivity index (χ1n) is 5.96. The molecule has 94 valence electrons. The van der Waals surface area contributed by atoms with Gasteiger partial charge in [0.05, 0.1) is 0 Å². The van der Waals surface area contributed by atoms with E-state index < -0.39 is 0 Å². The number of rotatable bonds is 4. The second-order valence-corrected chi connectivity index (χ2v) is 4.33. The molecular formula is C15H17NO2. The molecule has 0 aliphatic heterocycles. The number of phenolic OH excluding ortho intramolecular Hbond substituents is 2. The lowest BCUT2D eigenvalue weighted by atomic mass is 10.1.